The zero-order chi connectivity index (χ0) is 15.8. The zero-order valence-electron chi connectivity index (χ0n) is 12.2. The summed E-state index contributed by atoms with van der Waals surface area (Å²) < 4.78 is 9.47. The SMILES string of the molecule is COCC(=O)OCC(=O)N[C@H](c1ccccc1)c1cccs1. The Kier molecular flexibility index (Phi) is 6.12. The van der Waals surface area contributed by atoms with Crippen molar-refractivity contribution < 1.29 is 19.1 Å². The summed E-state index contributed by atoms with van der Waals surface area (Å²) in [7, 11) is 1.39. The van der Waals surface area contributed by atoms with Crippen LogP contribution in [0.4, 0.5) is 0 Å². The second-order valence-corrected chi connectivity index (χ2v) is 5.50. The topological polar surface area (TPSA) is 64.6 Å². The first-order valence-electron chi connectivity index (χ1n) is 6.73. The van der Waals surface area contributed by atoms with E-state index in [0.29, 0.717) is 0 Å². The van der Waals surface area contributed by atoms with Crippen molar-refractivity contribution in [2.75, 3.05) is 20.3 Å². The molecule has 116 valence electrons. The predicted molar refractivity (Wildman–Crippen MR) is 83.6 cm³/mol. The lowest BCUT2D eigenvalue weighted by Gasteiger charge is -2.18. The monoisotopic (exact) mass is 319 g/mol. The summed E-state index contributed by atoms with van der Waals surface area (Å²) >= 11 is 1.56. The lowest BCUT2D eigenvalue weighted by molar-refractivity contribution is -0.152. The largest absolute Gasteiger partial charge is 0.454 e. The van der Waals surface area contributed by atoms with Crippen molar-refractivity contribution in [3.8, 4) is 0 Å². The molecule has 0 spiro atoms. The van der Waals surface area contributed by atoms with E-state index in [1.807, 2.05) is 47.8 Å². The first kappa shape index (κ1) is 16.2. The van der Waals surface area contributed by atoms with Crippen LogP contribution in [0.3, 0.4) is 0 Å². The van der Waals surface area contributed by atoms with Gasteiger partial charge in [0.15, 0.2) is 6.61 Å². The van der Waals surface area contributed by atoms with Crippen molar-refractivity contribution in [2.24, 2.45) is 0 Å². The van der Waals surface area contributed by atoms with Gasteiger partial charge < -0.3 is 14.8 Å². The Morgan fingerprint density at radius 2 is 1.91 bits per heavy atom. The van der Waals surface area contributed by atoms with E-state index >= 15 is 0 Å². The normalized spacial score (nSPS) is 11.7. The molecule has 1 amide bonds. The Hall–Kier alpha value is -2.18. The van der Waals surface area contributed by atoms with Crippen molar-refractivity contribution in [2.45, 2.75) is 6.04 Å². The molecule has 0 aliphatic heterocycles. The number of nitrogens with one attached hydrogen (secondary N) is 1. The van der Waals surface area contributed by atoms with E-state index in [1.165, 1.54) is 7.11 Å². The van der Waals surface area contributed by atoms with E-state index in [1.54, 1.807) is 11.3 Å². The van der Waals surface area contributed by atoms with E-state index in [2.05, 4.69) is 10.1 Å². The number of esters is 1. The molecule has 6 heteroatoms. The van der Waals surface area contributed by atoms with Crippen LogP contribution in [0.2, 0.25) is 0 Å². The van der Waals surface area contributed by atoms with E-state index in [9.17, 15) is 9.59 Å². The number of rotatable bonds is 7. The molecule has 1 atom stereocenters. The van der Waals surface area contributed by atoms with Gasteiger partial charge in [0, 0.05) is 12.0 Å². The lowest BCUT2D eigenvalue weighted by Crippen LogP contribution is -2.33. The second kappa shape index (κ2) is 8.31. The van der Waals surface area contributed by atoms with Gasteiger partial charge in [-0.25, -0.2) is 4.79 Å². The molecule has 0 unspecified atom stereocenters. The summed E-state index contributed by atoms with van der Waals surface area (Å²) in [5, 5.41) is 4.84. The molecule has 22 heavy (non-hydrogen) atoms. The van der Waals surface area contributed by atoms with Gasteiger partial charge in [-0.3, -0.25) is 4.79 Å². The third-order valence-corrected chi connectivity index (χ3v) is 3.83. The number of carbonyl (C=O) groups is 2. The van der Waals surface area contributed by atoms with Crippen molar-refractivity contribution in [3.05, 3.63) is 58.3 Å². The van der Waals surface area contributed by atoms with Crippen LogP contribution in [0.5, 0.6) is 0 Å². The van der Waals surface area contributed by atoms with Gasteiger partial charge in [0.1, 0.15) is 6.61 Å². The van der Waals surface area contributed by atoms with Gasteiger partial charge in [0.2, 0.25) is 0 Å². The van der Waals surface area contributed by atoms with E-state index in [4.69, 9.17) is 4.74 Å². The molecule has 2 rings (SSSR count). The summed E-state index contributed by atoms with van der Waals surface area (Å²) in [6, 6.07) is 13.3. The highest BCUT2D eigenvalue weighted by Gasteiger charge is 2.18. The Labute approximate surface area is 132 Å². The summed E-state index contributed by atoms with van der Waals surface area (Å²) in [6.45, 7) is -0.489. The molecule has 1 aromatic heterocycles. The summed E-state index contributed by atoms with van der Waals surface area (Å²) in [4.78, 5) is 24.2. The molecule has 0 radical (unpaired) electrons. The van der Waals surface area contributed by atoms with Gasteiger partial charge >= 0.3 is 5.97 Å². The molecule has 0 aliphatic carbocycles. The van der Waals surface area contributed by atoms with Crippen molar-refractivity contribution in [1.82, 2.24) is 5.32 Å². The van der Waals surface area contributed by atoms with Crippen molar-refractivity contribution in [3.63, 3.8) is 0 Å². The number of carbonyl (C=O) groups excluding carboxylic acids is 2. The molecule has 2 aromatic rings. The maximum Gasteiger partial charge on any atom is 0.332 e. The minimum Gasteiger partial charge on any atom is -0.454 e. The van der Waals surface area contributed by atoms with Gasteiger partial charge in [-0.05, 0) is 17.0 Å². The fourth-order valence-corrected chi connectivity index (χ4v) is 2.73. The smallest absolute Gasteiger partial charge is 0.332 e. The van der Waals surface area contributed by atoms with Gasteiger partial charge in [-0.2, -0.15) is 0 Å². The standard InChI is InChI=1S/C16H17NO4S/c1-20-11-15(19)21-10-14(18)17-16(13-8-5-9-22-13)12-6-3-2-4-7-12/h2-9,16H,10-11H2,1H3,(H,17,18)/t16-/m1/s1. The van der Waals surface area contributed by atoms with Crippen LogP contribution in [-0.4, -0.2) is 32.2 Å². The molecule has 1 N–H and O–H groups in total. The molecule has 0 saturated heterocycles. The van der Waals surface area contributed by atoms with Crippen molar-refractivity contribution >= 4 is 23.2 Å². The Bertz CT molecular complexity index is 598. The number of amides is 1. The Morgan fingerprint density at radius 3 is 2.55 bits per heavy atom. The van der Waals surface area contributed by atoms with Crippen LogP contribution in [0.1, 0.15) is 16.5 Å². The average molecular weight is 319 g/mol. The number of ether oxygens (including phenoxy) is 2. The summed E-state index contributed by atoms with van der Waals surface area (Å²) in [5.74, 6) is -0.920. The third-order valence-electron chi connectivity index (χ3n) is 2.89. The maximum atomic E-state index is 12.0. The minimum atomic E-state index is -0.565. The Morgan fingerprint density at radius 1 is 1.14 bits per heavy atom. The first-order chi connectivity index (χ1) is 10.7. The fraction of sp³-hybridized carbons (Fsp3) is 0.250. The van der Waals surface area contributed by atoms with Gasteiger partial charge in [-0.1, -0.05) is 36.4 Å². The number of benzene rings is 1. The van der Waals surface area contributed by atoms with E-state index < -0.39 is 5.97 Å². The van der Waals surface area contributed by atoms with Crippen LogP contribution in [-0.2, 0) is 19.1 Å². The molecule has 1 heterocycles. The van der Waals surface area contributed by atoms with Gasteiger partial charge in [-0.15, -0.1) is 11.3 Å². The maximum absolute atomic E-state index is 12.0. The minimum absolute atomic E-state index is 0.166. The Balaban J connectivity index is 2.02. The van der Waals surface area contributed by atoms with Crippen LogP contribution >= 0.6 is 11.3 Å². The predicted octanol–water partition coefficient (Wildman–Crippen LogP) is 2.14. The summed E-state index contributed by atoms with van der Waals surface area (Å²) in [5.41, 5.74) is 0.974. The quantitative estimate of drug-likeness (QED) is 0.794. The second-order valence-electron chi connectivity index (χ2n) is 4.52. The van der Waals surface area contributed by atoms with E-state index in [-0.39, 0.29) is 25.2 Å². The zero-order valence-corrected chi connectivity index (χ0v) is 13.0. The highest BCUT2D eigenvalue weighted by Crippen LogP contribution is 2.25. The molecule has 0 fully saturated rings. The first-order valence-corrected chi connectivity index (χ1v) is 7.61. The molecule has 0 aliphatic rings. The van der Waals surface area contributed by atoms with Crippen LogP contribution in [0.15, 0.2) is 47.8 Å². The van der Waals surface area contributed by atoms with Gasteiger partial charge in [0.05, 0.1) is 6.04 Å². The third kappa shape index (κ3) is 4.68. The molecule has 1 aromatic carbocycles. The number of hydrogen-bond acceptors (Lipinski definition) is 5. The average Bonchev–Trinajstić information content (AvgIpc) is 3.06. The lowest BCUT2D eigenvalue weighted by atomic mass is 10.1. The van der Waals surface area contributed by atoms with E-state index in [0.717, 1.165) is 10.4 Å². The number of methoxy groups -OCH3 is 1. The van der Waals surface area contributed by atoms with Gasteiger partial charge in [0.25, 0.3) is 5.91 Å². The molecule has 5 nitrogen and oxygen atoms in total. The number of thiophene rings is 1. The van der Waals surface area contributed by atoms with Crippen LogP contribution < -0.4 is 5.32 Å². The van der Waals surface area contributed by atoms with Crippen molar-refractivity contribution in [1.29, 1.82) is 0 Å². The van der Waals surface area contributed by atoms with Crippen LogP contribution in [0, 0.1) is 0 Å². The molecular weight excluding hydrogens is 302 g/mol. The molecular formula is C16H17NO4S. The molecule has 0 bridgehead atoms. The summed E-state index contributed by atoms with van der Waals surface area (Å²) in [6.07, 6.45) is 0. The fourth-order valence-electron chi connectivity index (χ4n) is 1.93. The molecule has 0 saturated carbocycles. The highest BCUT2D eigenvalue weighted by molar-refractivity contribution is 7.10. The van der Waals surface area contributed by atoms with Crippen LogP contribution in [0.25, 0.3) is 0 Å². The highest BCUT2D eigenvalue weighted by atomic mass is 32.1. The number of hydrogen-bond donors (Lipinski definition) is 1.